The minimum Gasteiger partial charge on any atom is -0.355 e. The van der Waals surface area contributed by atoms with Crippen molar-refractivity contribution < 1.29 is 9.47 Å². The van der Waals surface area contributed by atoms with E-state index in [0.717, 1.165) is 22.2 Å². The summed E-state index contributed by atoms with van der Waals surface area (Å²) in [5.41, 5.74) is 1.99. The zero-order chi connectivity index (χ0) is 12.7. The van der Waals surface area contributed by atoms with Crippen molar-refractivity contribution >= 4 is 16.3 Å². The summed E-state index contributed by atoms with van der Waals surface area (Å²) >= 11 is 0. The highest BCUT2D eigenvalue weighted by atomic mass is 28.1. The Bertz CT molecular complexity index is 340. The van der Waals surface area contributed by atoms with Crippen LogP contribution in [0.4, 0.5) is 0 Å². The quantitative estimate of drug-likeness (QED) is 0.544. The molecule has 0 heterocycles. The van der Waals surface area contributed by atoms with Crippen LogP contribution >= 0.6 is 0 Å². The van der Waals surface area contributed by atoms with Crippen molar-refractivity contribution in [2.45, 2.75) is 25.7 Å². The summed E-state index contributed by atoms with van der Waals surface area (Å²) in [6, 6.07) is 8.37. The first-order chi connectivity index (χ1) is 8.13. The van der Waals surface area contributed by atoms with E-state index in [9.17, 15) is 0 Å². The highest BCUT2D eigenvalue weighted by Gasteiger charge is 2.24. The van der Waals surface area contributed by atoms with Crippen molar-refractivity contribution in [3.63, 3.8) is 0 Å². The van der Waals surface area contributed by atoms with Crippen LogP contribution in [-0.2, 0) is 15.9 Å². The molecule has 94 valence electrons. The maximum Gasteiger partial charge on any atom is 0.145 e. The molecule has 0 unspecified atom stereocenters. The van der Waals surface area contributed by atoms with Crippen LogP contribution < -0.4 is 0 Å². The fraction of sp³-hybridized carbons (Fsp3) is 0.429. The van der Waals surface area contributed by atoms with Crippen LogP contribution in [0, 0.1) is 0 Å². The Balaban J connectivity index is 2.74. The lowest BCUT2D eigenvalue weighted by Gasteiger charge is -2.29. The molecule has 1 aromatic rings. The standard InChI is InChI=1S/C14H22O2Si/c1-4-12-7-9-13(10-8-12)11-14(17,15-5-2)16-6-3/h4,7-10H,1,5-6,11H2,2-3,17H3. The van der Waals surface area contributed by atoms with Gasteiger partial charge in [-0.2, -0.15) is 0 Å². The summed E-state index contributed by atoms with van der Waals surface area (Å²) in [6.45, 7) is 9.14. The van der Waals surface area contributed by atoms with Crippen molar-refractivity contribution in [3.8, 4) is 0 Å². The number of benzene rings is 1. The first-order valence-corrected chi connectivity index (χ1v) is 7.13. The van der Waals surface area contributed by atoms with Crippen molar-refractivity contribution in [2.24, 2.45) is 0 Å². The molecule has 0 bridgehead atoms. The van der Waals surface area contributed by atoms with Crippen molar-refractivity contribution in [1.29, 1.82) is 0 Å². The summed E-state index contributed by atoms with van der Waals surface area (Å²) in [5, 5.41) is 0. The van der Waals surface area contributed by atoms with Gasteiger partial charge in [0.05, 0.1) is 10.2 Å². The molecule has 0 amide bonds. The fourth-order valence-corrected chi connectivity index (χ4v) is 2.88. The third-order valence-corrected chi connectivity index (χ3v) is 3.57. The summed E-state index contributed by atoms with van der Waals surface area (Å²) in [6.07, 6.45) is 2.67. The Morgan fingerprint density at radius 1 is 1.18 bits per heavy atom. The minimum atomic E-state index is -0.390. The van der Waals surface area contributed by atoms with Crippen LogP contribution in [-0.4, -0.2) is 28.9 Å². The Morgan fingerprint density at radius 2 is 1.71 bits per heavy atom. The molecule has 0 fully saturated rings. The molecule has 0 aromatic heterocycles. The van der Waals surface area contributed by atoms with Gasteiger partial charge < -0.3 is 9.47 Å². The van der Waals surface area contributed by atoms with Crippen LogP contribution in [0.2, 0.25) is 0 Å². The minimum absolute atomic E-state index is 0.390. The topological polar surface area (TPSA) is 18.5 Å². The predicted octanol–water partition coefficient (Wildman–Crippen LogP) is 1.96. The van der Waals surface area contributed by atoms with Crippen LogP contribution in [0.25, 0.3) is 6.08 Å². The van der Waals surface area contributed by atoms with E-state index in [-0.39, 0.29) is 5.41 Å². The molecule has 3 heteroatoms. The van der Waals surface area contributed by atoms with Gasteiger partial charge in [0.1, 0.15) is 5.41 Å². The molecule has 2 nitrogen and oxygen atoms in total. The molecule has 0 spiro atoms. The van der Waals surface area contributed by atoms with E-state index in [1.807, 2.05) is 19.9 Å². The predicted molar refractivity (Wildman–Crippen MR) is 76.2 cm³/mol. The van der Waals surface area contributed by atoms with Crippen LogP contribution in [0.5, 0.6) is 0 Å². The Labute approximate surface area is 107 Å². The van der Waals surface area contributed by atoms with Gasteiger partial charge in [0.2, 0.25) is 0 Å². The van der Waals surface area contributed by atoms with E-state index < -0.39 is 0 Å². The second kappa shape index (κ2) is 6.74. The lowest BCUT2D eigenvalue weighted by molar-refractivity contribution is -0.171. The van der Waals surface area contributed by atoms with E-state index in [1.54, 1.807) is 0 Å². The molecule has 17 heavy (non-hydrogen) atoms. The second-order valence-corrected chi connectivity index (χ2v) is 5.65. The summed E-state index contributed by atoms with van der Waals surface area (Å²) < 4.78 is 11.5. The molecule has 0 aliphatic carbocycles. The summed E-state index contributed by atoms with van der Waals surface area (Å²) in [5.74, 6) is 0. The first-order valence-electron chi connectivity index (χ1n) is 6.13. The summed E-state index contributed by atoms with van der Waals surface area (Å²) in [4.78, 5) is 0. The highest BCUT2D eigenvalue weighted by molar-refractivity contribution is 6.13. The van der Waals surface area contributed by atoms with Gasteiger partial charge in [-0.3, -0.25) is 0 Å². The molecule has 0 atom stereocenters. The van der Waals surface area contributed by atoms with Crippen LogP contribution in [0.15, 0.2) is 30.8 Å². The van der Waals surface area contributed by atoms with E-state index in [0.29, 0.717) is 13.2 Å². The summed E-state index contributed by atoms with van der Waals surface area (Å²) in [7, 11) is 0.857. The zero-order valence-corrected chi connectivity index (χ0v) is 13.0. The van der Waals surface area contributed by atoms with E-state index >= 15 is 0 Å². The number of hydrogen-bond acceptors (Lipinski definition) is 2. The Morgan fingerprint density at radius 3 is 2.12 bits per heavy atom. The largest absolute Gasteiger partial charge is 0.355 e. The normalized spacial score (nSPS) is 11.6. The smallest absolute Gasteiger partial charge is 0.145 e. The molecule has 0 N–H and O–H groups in total. The Kier molecular flexibility index (Phi) is 5.61. The van der Waals surface area contributed by atoms with Gasteiger partial charge in [-0.25, -0.2) is 0 Å². The van der Waals surface area contributed by atoms with Crippen LogP contribution in [0.1, 0.15) is 25.0 Å². The number of ether oxygens (including phenoxy) is 2. The van der Waals surface area contributed by atoms with E-state index in [2.05, 4.69) is 30.8 Å². The average Bonchev–Trinajstić information content (AvgIpc) is 2.30. The SMILES string of the molecule is C=Cc1ccc(CC([SiH3])(OCC)OCC)cc1. The van der Waals surface area contributed by atoms with Gasteiger partial charge in [0.25, 0.3) is 0 Å². The lowest BCUT2D eigenvalue weighted by Crippen LogP contribution is -2.39. The van der Waals surface area contributed by atoms with E-state index in [1.165, 1.54) is 5.56 Å². The molecule has 1 rings (SSSR count). The maximum absolute atomic E-state index is 5.75. The van der Waals surface area contributed by atoms with Crippen LogP contribution in [0.3, 0.4) is 0 Å². The molecule has 0 aliphatic rings. The second-order valence-electron chi connectivity index (χ2n) is 4.12. The fourth-order valence-electron chi connectivity index (χ4n) is 1.90. The molecular formula is C14H22O2Si. The van der Waals surface area contributed by atoms with Gasteiger partial charge in [0.15, 0.2) is 0 Å². The molecule has 1 aromatic carbocycles. The molecule has 0 aliphatic heterocycles. The lowest BCUT2D eigenvalue weighted by atomic mass is 10.1. The monoisotopic (exact) mass is 250 g/mol. The average molecular weight is 250 g/mol. The first kappa shape index (κ1) is 14.2. The molecular weight excluding hydrogens is 228 g/mol. The third-order valence-electron chi connectivity index (χ3n) is 2.64. The van der Waals surface area contributed by atoms with Gasteiger partial charge in [-0.15, -0.1) is 0 Å². The molecule has 0 radical (unpaired) electrons. The van der Waals surface area contributed by atoms with E-state index in [4.69, 9.17) is 9.47 Å². The molecule has 0 saturated heterocycles. The van der Waals surface area contributed by atoms with Crippen molar-refractivity contribution in [3.05, 3.63) is 42.0 Å². The molecule has 0 saturated carbocycles. The number of hydrogen-bond donors (Lipinski definition) is 0. The maximum atomic E-state index is 5.75. The van der Waals surface area contributed by atoms with Gasteiger partial charge in [-0.05, 0) is 25.0 Å². The van der Waals surface area contributed by atoms with Gasteiger partial charge in [-0.1, -0.05) is 36.9 Å². The Hall–Kier alpha value is -0.903. The van der Waals surface area contributed by atoms with Crippen molar-refractivity contribution in [1.82, 2.24) is 0 Å². The number of rotatable bonds is 7. The zero-order valence-electron chi connectivity index (χ0n) is 11.0. The van der Waals surface area contributed by atoms with Crippen molar-refractivity contribution in [2.75, 3.05) is 13.2 Å². The third kappa shape index (κ3) is 4.46. The van der Waals surface area contributed by atoms with Gasteiger partial charge in [0, 0.05) is 19.6 Å². The highest BCUT2D eigenvalue weighted by Crippen LogP contribution is 2.17. The van der Waals surface area contributed by atoms with Gasteiger partial charge >= 0.3 is 0 Å².